The van der Waals surface area contributed by atoms with Gasteiger partial charge in [-0.25, -0.2) is 0 Å². The summed E-state index contributed by atoms with van der Waals surface area (Å²) in [6.07, 6.45) is 0.976. The van der Waals surface area contributed by atoms with Crippen LogP contribution in [-0.4, -0.2) is 33.2 Å². The van der Waals surface area contributed by atoms with E-state index in [-0.39, 0.29) is 0 Å². The normalized spacial score (nSPS) is 24.0. The Balaban J connectivity index is 2.02. The first-order valence-electron chi connectivity index (χ1n) is 3.23. The topological polar surface area (TPSA) is 27.7 Å². The summed E-state index contributed by atoms with van der Waals surface area (Å²) in [7, 11) is 0. The molecule has 1 fully saturated rings. The molecule has 0 saturated carbocycles. The average Bonchev–Trinajstić information content (AvgIpc) is 2.00. The van der Waals surface area contributed by atoms with E-state index in [4.69, 9.17) is 14.2 Å². The Kier molecular flexibility index (Phi) is 3.68. The van der Waals surface area contributed by atoms with Gasteiger partial charge in [0.15, 0.2) is 0 Å². The van der Waals surface area contributed by atoms with E-state index in [1.807, 2.05) is 0 Å². The van der Waals surface area contributed by atoms with Gasteiger partial charge in [0.05, 0.1) is 19.8 Å². The van der Waals surface area contributed by atoms with Crippen LogP contribution in [0.25, 0.3) is 0 Å². The molecule has 0 amide bonds. The second-order valence-electron chi connectivity index (χ2n) is 1.90. The van der Waals surface area contributed by atoms with Crippen molar-refractivity contribution in [1.82, 2.24) is 0 Å². The molecule has 1 aliphatic rings. The van der Waals surface area contributed by atoms with Crippen molar-refractivity contribution in [1.29, 1.82) is 0 Å². The summed E-state index contributed by atoms with van der Waals surface area (Å²) in [6, 6.07) is 0. The number of rotatable bonds is 0. The summed E-state index contributed by atoms with van der Waals surface area (Å²) >= 11 is 0. The molecule has 0 spiro atoms. The first-order chi connectivity index (χ1) is 4.50. The first-order valence-corrected chi connectivity index (χ1v) is 3.23. The maximum Gasteiger partial charge on any atom is 0.146 e. The molecule has 0 aliphatic carbocycles. The van der Waals surface area contributed by atoms with Crippen molar-refractivity contribution in [2.24, 2.45) is 0 Å². The van der Waals surface area contributed by atoms with E-state index < -0.39 is 0 Å². The van der Waals surface area contributed by atoms with Gasteiger partial charge in [0.2, 0.25) is 0 Å². The lowest BCUT2D eigenvalue weighted by Crippen LogP contribution is -2.03. The van der Waals surface area contributed by atoms with E-state index in [1.165, 1.54) is 0 Å². The van der Waals surface area contributed by atoms with Crippen LogP contribution in [0, 0.1) is 0 Å². The minimum atomic E-state index is 0.420. The lowest BCUT2D eigenvalue weighted by molar-refractivity contribution is -0.0533. The van der Waals surface area contributed by atoms with E-state index in [0.29, 0.717) is 20.0 Å². The molecule has 0 aromatic rings. The van der Waals surface area contributed by atoms with Crippen molar-refractivity contribution in [3.05, 3.63) is 0 Å². The fraction of sp³-hybridized carbons (Fsp3) is 1.00. The summed E-state index contributed by atoms with van der Waals surface area (Å²) < 4.78 is 15.2. The Morgan fingerprint density at radius 3 is 2.33 bits per heavy atom. The van der Waals surface area contributed by atoms with Crippen LogP contribution >= 0.6 is 0 Å². The fourth-order valence-corrected chi connectivity index (χ4v) is 0.660. The molecular weight excluding hydrogens is 120 g/mol. The molecule has 0 N–H and O–H groups in total. The van der Waals surface area contributed by atoms with Gasteiger partial charge in [-0.1, -0.05) is 0 Å². The highest BCUT2D eigenvalue weighted by Gasteiger charge is 1.94. The maximum atomic E-state index is 5.15. The minimum Gasteiger partial charge on any atom is -0.379 e. The summed E-state index contributed by atoms with van der Waals surface area (Å²) in [6.45, 7) is 3.32. The van der Waals surface area contributed by atoms with Gasteiger partial charge >= 0.3 is 0 Å². The Morgan fingerprint density at radius 1 is 0.667 bits per heavy atom. The molecule has 0 aromatic heterocycles. The maximum absolute atomic E-state index is 5.15. The van der Waals surface area contributed by atoms with E-state index in [2.05, 4.69) is 0 Å². The SMILES string of the molecule is C1COCCOCOC1. The molecule has 3 heteroatoms. The molecule has 0 atom stereocenters. The van der Waals surface area contributed by atoms with Crippen LogP contribution in [0.1, 0.15) is 6.42 Å². The molecular formula is C6H12O3. The predicted octanol–water partition coefficient (Wildman–Crippen LogP) is 0.397. The number of ether oxygens (including phenoxy) is 3. The quantitative estimate of drug-likeness (QED) is 0.477. The molecule has 9 heavy (non-hydrogen) atoms. The van der Waals surface area contributed by atoms with Gasteiger partial charge < -0.3 is 14.2 Å². The highest BCUT2D eigenvalue weighted by Crippen LogP contribution is 1.89. The van der Waals surface area contributed by atoms with Crippen LogP contribution in [-0.2, 0) is 14.2 Å². The van der Waals surface area contributed by atoms with Crippen molar-refractivity contribution in [2.45, 2.75) is 6.42 Å². The van der Waals surface area contributed by atoms with Crippen LogP contribution < -0.4 is 0 Å². The third kappa shape index (κ3) is 3.46. The van der Waals surface area contributed by atoms with E-state index in [1.54, 1.807) is 0 Å². The Bertz CT molecular complexity index is 36.8. The molecule has 3 nitrogen and oxygen atoms in total. The van der Waals surface area contributed by atoms with Crippen LogP contribution in [0.5, 0.6) is 0 Å². The molecule has 54 valence electrons. The summed E-state index contributed by atoms with van der Waals surface area (Å²) in [5.74, 6) is 0. The van der Waals surface area contributed by atoms with E-state index >= 15 is 0 Å². The van der Waals surface area contributed by atoms with Gasteiger partial charge in [-0.05, 0) is 6.42 Å². The molecule has 1 heterocycles. The minimum absolute atomic E-state index is 0.420. The largest absolute Gasteiger partial charge is 0.379 e. The lowest BCUT2D eigenvalue weighted by Gasteiger charge is -1.99. The second kappa shape index (κ2) is 4.73. The van der Waals surface area contributed by atoms with Crippen molar-refractivity contribution in [2.75, 3.05) is 33.2 Å². The Labute approximate surface area is 54.9 Å². The van der Waals surface area contributed by atoms with Gasteiger partial charge in [-0.3, -0.25) is 0 Å². The molecule has 1 aliphatic heterocycles. The monoisotopic (exact) mass is 132 g/mol. The third-order valence-electron chi connectivity index (χ3n) is 1.12. The summed E-state index contributed by atoms with van der Waals surface area (Å²) in [5.41, 5.74) is 0. The Hall–Kier alpha value is -0.120. The van der Waals surface area contributed by atoms with E-state index in [9.17, 15) is 0 Å². The zero-order chi connectivity index (χ0) is 6.36. The molecule has 0 unspecified atom stereocenters. The molecule has 1 saturated heterocycles. The van der Waals surface area contributed by atoms with Crippen molar-refractivity contribution >= 4 is 0 Å². The van der Waals surface area contributed by atoms with Gasteiger partial charge in [0.25, 0.3) is 0 Å². The predicted molar refractivity (Wildman–Crippen MR) is 32.2 cm³/mol. The van der Waals surface area contributed by atoms with Gasteiger partial charge in [-0.2, -0.15) is 0 Å². The van der Waals surface area contributed by atoms with Gasteiger partial charge in [-0.15, -0.1) is 0 Å². The average molecular weight is 132 g/mol. The van der Waals surface area contributed by atoms with Gasteiger partial charge in [0, 0.05) is 6.61 Å². The molecule has 1 rings (SSSR count). The zero-order valence-corrected chi connectivity index (χ0v) is 5.47. The smallest absolute Gasteiger partial charge is 0.146 e. The van der Waals surface area contributed by atoms with Crippen molar-refractivity contribution < 1.29 is 14.2 Å². The fourth-order valence-electron chi connectivity index (χ4n) is 0.660. The lowest BCUT2D eigenvalue weighted by atomic mass is 10.5. The number of hydrogen-bond donors (Lipinski definition) is 0. The first kappa shape index (κ1) is 6.99. The highest BCUT2D eigenvalue weighted by molar-refractivity contribution is 4.36. The Morgan fingerprint density at radius 2 is 1.33 bits per heavy atom. The van der Waals surface area contributed by atoms with Crippen LogP contribution in [0.4, 0.5) is 0 Å². The summed E-state index contributed by atoms with van der Waals surface area (Å²) in [5, 5.41) is 0. The zero-order valence-electron chi connectivity index (χ0n) is 5.47. The van der Waals surface area contributed by atoms with Crippen LogP contribution in [0.2, 0.25) is 0 Å². The summed E-state index contributed by atoms with van der Waals surface area (Å²) in [4.78, 5) is 0. The van der Waals surface area contributed by atoms with Gasteiger partial charge in [0.1, 0.15) is 6.79 Å². The van der Waals surface area contributed by atoms with Crippen LogP contribution in [0.3, 0.4) is 0 Å². The third-order valence-corrected chi connectivity index (χ3v) is 1.12. The van der Waals surface area contributed by atoms with Crippen molar-refractivity contribution in [3.8, 4) is 0 Å². The highest BCUT2D eigenvalue weighted by atomic mass is 16.7. The molecule has 0 radical (unpaired) electrons. The standard InChI is InChI=1S/C6H12O3/c1-2-7-4-5-9-6-8-3-1/h1-6H2. The number of hydrogen-bond acceptors (Lipinski definition) is 3. The molecule has 0 bridgehead atoms. The van der Waals surface area contributed by atoms with Crippen LogP contribution in [0.15, 0.2) is 0 Å². The second-order valence-corrected chi connectivity index (χ2v) is 1.90. The molecule has 0 aromatic carbocycles. The van der Waals surface area contributed by atoms with Crippen molar-refractivity contribution in [3.63, 3.8) is 0 Å². The van der Waals surface area contributed by atoms with E-state index in [0.717, 1.165) is 19.6 Å².